The van der Waals surface area contributed by atoms with E-state index in [0.717, 1.165) is 18.6 Å². The van der Waals surface area contributed by atoms with E-state index in [-0.39, 0.29) is 5.02 Å². The van der Waals surface area contributed by atoms with E-state index < -0.39 is 17.2 Å². The second-order valence-corrected chi connectivity index (χ2v) is 4.65. The number of hydrogen-bond donors (Lipinski definition) is 0. The third kappa shape index (κ3) is 2.00. The van der Waals surface area contributed by atoms with Gasteiger partial charge in [0.15, 0.2) is 0 Å². The molecule has 0 atom stereocenters. The smallest absolute Gasteiger partial charge is 0.197 e. The Morgan fingerprint density at radius 1 is 1.29 bits per heavy atom. The van der Waals surface area contributed by atoms with Crippen LogP contribution in [0.1, 0.15) is 30.4 Å². The average molecular weight is 260 g/mol. The van der Waals surface area contributed by atoms with Crippen molar-refractivity contribution in [2.75, 3.05) is 0 Å². The van der Waals surface area contributed by atoms with Crippen molar-refractivity contribution in [3.63, 3.8) is 0 Å². The largest absolute Gasteiger partial charge is 0.416 e. The Labute approximate surface area is 102 Å². The van der Waals surface area contributed by atoms with Gasteiger partial charge in [-0.1, -0.05) is 11.6 Å². The minimum atomic E-state index is -4.40. The zero-order valence-corrected chi connectivity index (χ0v) is 9.57. The highest BCUT2D eigenvalue weighted by Crippen LogP contribution is 2.47. The predicted octanol–water partition coefficient (Wildman–Crippen LogP) is 4.30. The molecule has 1 aliphatic carbocycles. The first-order valence-electron chi connectivity index (χ1n) is 5.17. The molecule has 1 nitrogen and oxygen atoms in total. The fourth-order valence-electron chi connectivity index (χ4n) is 2.04. The minimum absolute atomic E-state index is 0.235. The zero-order valence-electron chi connectivity index (χ0n) is 8.81. The zero-order chi connectivity index (χ0) is 12.7. The molecule has 0 unspecified atom stereocenters. The molecule has 0 aliphatic heterocycles. The van der Waals surface area contributed by atoms with Gasteiger partial charge in [-0.3, -0.25) is 0 Å². The van der Waals surface area contributed by atoms with Crippen molar-refractivity contribution in [3.8, 4) is 6.07 Å². The molecule has 0 N–H and O–H groups in total. The Hall–Kier alpha value is -1.21. The molecule has 2 rings (SSSR count). The summed E-state index contributed by atoms with van der Waals surface area (Å²) in [5.74, 6) is 0. The highest BCUT2D eigenvalue weighted by molar-refractivity contribution is 6.31. The summed E-state index contributed by atoms with van der Waals surface area (Å²) in [7, 11) is 0. The minimum Gasteiger partial charge on any atom is -0.197 e. The van der Waals surface area contributed by atoms with E-state index in [9.17, 15) is 13.2 Å². The number of nitriles is 1. The molecule has 0 spiro atoms. The van der Waals surface area contributed by atoms with Gasteiger partial charge < -0.3 is 0 Å². The molecule has 0 heterocycles. The van der Waals surface area contributed by atoms with Crippen LogP contribution < -0.4 is 0 Å². The Morgan fingerprint density at radius 2 is 1.94 bits per heavy atom. The molecule has 1 aromatic rings. The van der Waals surface area contributed by atoms with E-state index in [1.165, 1.54) is 6.07 Å². The molecule has 1 aliphatic rings. The highest BCUT2D eigenvalue weighted by Gasteiger charge is 2.42. The average Bonchev–Trinajstić information content (AvgIpc) is 2.18. The Balaban J connectivity index is 2.51. The fourth-order valence-corrected chi connectivity index (χ4v) is 2.34. The molecule has 0 aromatic heterocycles. The number of halogens is 4. The number of nitrogens with zero attached hydrogens (tertiary/aromatic N) is 1. The molecular weight excluding hydrogens is 251 g/mol. The van der Waals surface area contributed by atoms with Crippen molar-refractivity contribution in [1.29, 1.82) is 5.26 Å². The number of hydrogen-bond acceptors (Lipinski definition) is 1. The third-order valence-electron chi connectivity index (χ3n) is 3.23. The Bertz CT molecular complexity index is 484. The van der Waals surface area contributed by atoms with Gasteiger partial charge in [0.25, 0.3) is 0 Å². The summed E-state index contributed by atoms with van der Waals surface area (Å²) in [6, 6.07) is 5.26. The molecule has 1 fully saturated rings. The first-order chi connectivity index (χ1) is 7.89. The Morgan fingerprint density at radius 3 is 2.35 bits per heavy atom. The van der Waals surface area contributed by atoms with Crippen molar-refractivity contribution in [3.05, 3.63) is 34.3 Å². The van der Waals surface area contributed by atoms with Crippen LogP contribution in [-0.2, 0) is 11.6 Å². The molecular formula is C12H9ClF3N. The summed E-state index contributed by atoms with van der Waals surface area (Å²) in [5.41, 5.74) is -1.26. The van der Waals surface area contributed by atoms with Gasteiger partial charge in [-0.05, 0) is 43.0 Å². The monoisotopic (exact) mass is 259 g/mol. The molecule has 5 heteroatoms. The predicted molar refractivity (Wildman–Crippen MR) is 57.6 cm³/mol. The maximum atomic E-state index is 12.6. The van der Waals surface area contributed by atoms with E-state index in [4.69, 9.17) is 16.9 Å². The molecule has 0 radical (unpaired) electrons. The molecule has 1 saturated carbocycles. The molecule has 1 aromatic carbocycles. The maximum absolute atomic E-state index is 12.6. The normalized spacial score (nSPS) is 18.3. The van der Waals surface area contributed by atoms with Gasteiger partial charge in [0.05, 0.1) is 17.0 Å². The van der Waals surface area contributed by atoms with Crippen molar-refractivity contribution in [1.82, 2.24) is 0 Å². The number of rotatable bonds is 1. The summed E-state index contributed by atoms with van der Waals surface area (Å²) in [5, 5.41) is 9.35. The van der Waals surface area contributed by atoms with Gasteiger partial charge in [0, 0.05) is 5.02 Å². The molecule has 0 bridgehead atoms. The van der Waals surface area contributed by atoms with Crippen molar-refractivity contribution >= 4 is 11.6 Å². The topological polar surface area (TPSA) is 23.8 Å². The SMILES string of the molecule is N#CC1(c2cc(C(F)(F)F)ccc2Cl)CCC1. The van der Waals surface area contributed by atoms with Crippen molar-refractivity contribution in [2.24, 2.45) is 0 Å². The molecule has 90 valence electrons. The molecule has 0 amide bonds. The lowest BCUT2D eigenvalue weighted by molar-refractivity contribution is -0.137. The number of alkyl halides is 3. The first-order valence-corrected chi connectivity index (χ1v) is 5.55. The van der Waals surface area contributed by atoms with Gasteiger partial charge in [0.1, 0.15) is 0 Å². The van der Waals surface area contributed by atoms with Gasteiger partial charge in [-0.15, -0.1) is 0 Å². The van der Waals surface area contributed by atoms with Crippen LogP contribution in [-0.4, -0.2) is 0 Å². The van der Waals surface area contributed by atoms with E-state index >= 15 is 0 Å². The summed E-state index contributed by atoms with van der Waals surface area (Å²) in [4.78, 5) is 0. The maximum Gasteiger partial charge on any atom is 0.416 e. The summed E-state index contributed by atoms with van der Waals surface area (Å²) >= 11 is 5.90. The van der Waals surface area contributed by atoms with Crippen LogP contribution in [0.25, 0.3) is 0 Å². The van der Waals surface area contributed by atoms with Crippen LogP contribution in [0.2, 0.25) is 5.02 Å². The summed E-state index contributed by atoms with van der Waals surface area (Å²) in [6.45, 7) is 0. The van der Waals surface area contributed by atoms with E-state index in [1.54, 1.807) is 0 Å². The van der Waals surface area contributed by atoms with Gasteiger partial charge in [-0.25, -0.2) is 0 Å². The van der Waals surface area contributed by atoms with Crippen LogP contribution >= 0.6 is 11.6 Å². The second-order valence-electron chi connectivity index (χ2n) is 4.24. The van der Waals surface area contributed by atoms with Crippen molar-refractivity contribution < 1.29 is 13.2 Å². The number of benzene rings is 1. The third-order valence-corrected chi connectivity index (χ3v) is 3.56. The van der Waals surface area contributed by atoms with Gasteiger partial charge >= 0.3 is 6.18 Å². The van der Waals surface area contributed by atoms with Gasteiger partial charge in [0.2, 0.25) is 0 Å². The lowest BCUT2D eigenvalue weighted by atomic mass is 9.65. The van der Waals surface area contributed by atoms with Gasteiger partial charge in [-0.2, -0.15) is 18.4 Å². The Kier molecular flexibility index (Phi) is 2.82. The van der Waals surface area contributed by atoms with E-state index in [1.807, 2.05) is 0 Å². The van der Waals surface area contributed by atoms with Crippen LogP contribution in [0.3, 0.4) is 0 Å². The molecule has 0 saturated heterocycles. The fraction of sp³-hybridized carbons (Fsp3) is 0.417. The first kappa shape index (κ1) is 12.3. The quantitative estimate of drug-likeness (QED) is 0.737. The van der Waals surface area contributed by atoms with Crippen molar-refractivity contribution in [2.45, 2.75) is 30.9 Å². The van der Waals surface area contributed by atoms with Crippen LogP contribution in [0.4, 0.5) is 13.2 Å². The standard InChI is InChI=1S/C12H9ClF3N/c13-10-3-2-8(12(14,15)16)6-9(10)11(7-17)4-1-5-11/h2-3,6H,1,4-5H2. The van der Waals surface area contributed by atoms with Crippen LogP contribution in [0.5, 0.6) is 0 Å². The van der Waals surface area contributed by atoms with Crippen LogP contribution in [0.15, 0.2) is 18.2 Å². The van der Waals surface area contributed by atoms with E-state index in [0.29, 0.717) is 18.4 Å². The lowest BCUT2D eigenvalue weighted by Gasteiger charge is -2.36. The second kappa shape index (κ2) is 3.92. The lowest BCUT2D eigenvalue weighted by Crippen LogP contribution is -2.33. The molecule has 17 heavy (non-hydrogen) atoms. The summed E-state index contributed by atoms with van der Waals surface area (Å²) in [6.07, 6.45) is -2.41. The van der Waals surface area contributed by atoms with Crippen LogP contribution in [0, 0.1) is 11.3 Å². The van der Waals surface area contributed by atoms with E-state index in [2.05, 4.69) is 6.07 Å². The highest BCUT2D eigenvalue weighted by atomic mass is 35.5. The summed E-state index contributed by atoms with van der Waals surface area (Å²) < 4.78 is 37.8.